The number of benzene rings is 1. The summed E-state index contributed by atoms with van der Waals surface area (Å²) in [6.07, 6.45) is 1.77. The zero-order valence-electron chi connectivity index (χ0n) is 12.7. The molecule has 6 heteroatoms. The minimum Gasteiger partial charge on any atom is -0.384 e. The predicted octanol–water partition coefficient (Wildman–Crippen LogP) is 2.31. The zero-order valence-corrected chi connectivity index (χ0v) is 13.5. The molecule has 1 heterocycles. The van der Waals surface area contributed by atoms with Crippen LogP contribution in [0.5, 0.6) is 0 Å². The van der Waals surface area contributed by atoms with Gasteiger partial charge in [-0.05, 0) is 38.8 Å². The van der Waals surface area contributed by atoms with Crippen LogP contribution < -0.4 is 5.32 Å². The molecule has 1 aromatic carbocycles. The second kappa shape index (κ2) is 7.24. The first-order chi connectivity index (χ1) is 10.1. The van der Waals surface area contributed by atoms with Gasteiger partial charge in [0.25, 0.3) is 0 Å². The summed E-state index contributed by atoms with van der Waals surface area (Å²) in [5.41, 5.74) is 0.665. The maximum Gasteiger partial charge on any atom is 0.245 e. The van der Waals surface area contributed by atoms with Crippen molar-refractivity contribution in [3.8, 4) is 0 Å². The maximum atomic E-state index is 12.9. The van der Waals surface area contributed by atoms with Gasteiger partial charge in [0.1, 0.15) is 4.90 Å². The van der Waals surface area contributed by atoms with Gasteiger partial charge in [-0.3, -0.25) is 0 Å². The number of anilines is 1. The summed E-state index contributed by atoms with van der Waals surface area (Å²) in [7, 11) is -3.48. The van der Waals surface area contributed by atoms with Crippen molar-refractivity contribution >= 4 is 15.7 Å². The number of ether oxygens (including phenoxy) is 1. The molecule has 1 saturated heterocycles. The number of sulfonamides is 1. The topological polar surface area (TPSA) is 58.6 Å². The summed E-state index contributed by atoms with van der Waals surface area (Å²) >= 11 is 0. The van der Waals surface area contributed by atoms with Crippen LogP contribution in [-0.2, 0) is 14.8 Å². The van der Waals surface area contributed by atoms with Gasteiger partial charge >= 0.3 is 0 Å². The van der Waals surface area contributed by atoms with Gasteiger partial charge in [0.05, 0.1) is 11.8 Å². The highest BCUT2D eigenvalue weighted by atomic mass is 32.2. The number of hydrogen-bond acceptors (Lipinski definition) is 4. The molecular weight excluding hydrogens is 288 g/mol. The van der Waals surface area contributed by atoms with Gasteiger partial charge in [0, 0.05) is 26.2 Å². The van der Waals surface area contributed by atoms with Crippen molar-refractivity contribution in [1.82, 2.24) is 4.31 Å². The number of hydrogen-bond donors (Lipinski definition) is 1. The van der Waals surface area contributed by atoms with Crippen molar-refractivity contribution in [3.63, 3.8) is 0 Å². The lowest BCUT2D eigenvalue weighted by molar-refractivity contribution is 0.0265. The largest absolute Gasteiger partial charge is 0.384 e. The van der Waals surface area contributed by atoms with E-state index in [1.165, 1.54) is 0 Å². The van der Waals surface area contributed by atoms with Crippen LogP contribution in [0, 0.1) is 0 Å². The molecule has 21 heavy (non-hydrogen) atoms. The van der Waals surface area contributed by atoms with Crippen LogP contribution in [0.3, 0.4) is 0 Å². The summed E-state index contributed by atoms with van der Waals surface area (Å²) in [5, 5.41) is 3.12. The second-order valence-electron chi connectivity index (χ2n) is 5.11. The lowest BCUT2D eigenvalue weighted by Gasteiger charge is -2.32. The van der Waals surface area contributed by atoms with Crippen molar-refractivity contribution in [1.29, 1.82) is 0 Å². The fourth-order valence-corrected chi connectivity index (χ4v) is 4.34. The average molecular weight is 312 g/mol. The normalized spacial score (nSPS) is 20.4. The van der Waals surface area contributed by atoms with E-state index in [1.807, 2.05) is 19.9 Å². The standard InChI is InChI=1S/C15H24N2O3S/c1-3-16-14-9-5-6-10-15(14)21(18,19)17-11-7-8-13(12-17)20-4-2/h5-6,9-10,13,16H,3-4,7-8,11-12H2,1-2H3. The third-order valence-corrected chi connectivity index (χ3v) is 5.54. The smallest absolute Gasteiger partial charge is 0.245 e. The molecule has 0 bridgehead atoms. The van der Waals surface area contributed by atoms with E-state index >= 15 is 0 Å². The summed E-state index contributed by atoms with van der Waals surface area (Å²) < 4.78 is 32.9. The van der Waals surface area contributed by atoms with Crippen LogP contribution in [0.15, 0.2) is 29.2 Å². The molecule has 1 aliphatic rings. The summed E-state index contributed by atoms with van der Waals surface area (Å²) in [4.78, 5) is 0.351. The number of para-hydroxylation sites is 1. The van der Waals surface area contributed by atoms with Crippen LogP contribution in [-0.4, -0.2) is 45.1 Å². The Morgan fingerprint density at radius 2 is 2.10 bits per heavy atom. The van der Waals surface area contributed by atoms with E-state index in [9.17, 15) is 8.42 Å². The molecule has 1 aromatic rings. The van der Waals surface area contributed by atoms with Crippen LogP contribution >= 0.6 is 0 Å². The van der Waals surface area contributed by atoms with Gasteiger partial charge in [-0.15, -0.1) is 0 Å². The van der Waals surface area contributed by atoms with Crippen molar-refractivity contribution in [3.05, 3.63) is 24.3 Å². The fraction of sp³-hybridized carbons (Fsp3) is 0.600. The molecule has 1 unspecified atom stereocenters. The quantitative estimate of drug-likeness (QED) is 0.876. The van der Waals surface area contributed by atoms with E-state index in [0.717, 1.165) is 12.8 Å². The first-order valence-electron chi connectivity index (χ1n) is 7.54. The molecule has 0 radical (unpaired) electrons. The van der Waals surface area contributed by atoms with Crippen molar-refractivity contribution < 1.29 is 13.2 Å². The second-order valence-corrected chi connectivity index (χ2v) is 7.02. The van der Waals surface area contributed by atoms with E-state index in [0.29, 0.717) is 36.8 Å². The summed E-state index contributed by atoms with van der Waals surface area (Å²) in [6.45, 7) is 6.20. The van der Waals surface area contributed by atoms with Crippen LogP contribution in [0.4, 0.5) is 5.69 Å². The number of rotatable bonds is 6. The lowest BCUT2D eigenvalue weighted by atomic mass is 10.1. The van der Waals surface area contributed by atoms with Crippen LogP contribution in [0.25, 0.3) is 0 Å². The SMILES string of the molecule is CCNc1ccccc1S(=O)(=O)N1CCCC(OCC)C1. The third kappa shape index (κ3) is 3.75. The van der Waals surface area contributed by atoms with Gasteiger partial charge in [-0.1, -0.05) is 12.1 Å². The minimum absolute atomic E-state index is 0.00446. The number of piperidine rings is 1. The molecule has 0 aliphatic carbocycles. The maximum absolute atomic E-state index is 12.9. The Bertz CT molecular complexity index is 558. The molecule has 118 valence electrons. The molecular formula is C15H24N2O3S. The van der Waals surface area contributed by atoms with E-state index in [1.54, 1.807) is 22.5 Å². The van der Waals surface area contributed by atoms with Crippen molar-refractivity contribution in [2.75, 3.05) is 31.6 Å². The molecule has 0 spiro atoms. The van der Waals surface area contributed by atoms with Gasteiger partial charge in [-0.2, -0.15) is 4.31 Å². The first kappa shape index (κ1) is 16.3. The molecule has 0 saturated carbocycles. The zero-order chi connectivity index (χ0) is 15.3. The van der Waals surface area contributed by atoms with Gasteiger partial charge in [-0.25, -0.2) is 8.42 Å². The number of nitrogens with zero attached hydrogens (tertiary/aromatic N) is 1. The molecule has 1 fully saturated rings. The molecule has 1 atom stereocenters. The van der Waals surface area contributed by atoms with Crippen molar-refractivity contribution in [2.24, 2.45) is 0 Å². The van der Waals surface area contributed by atoms with E-state index < -0.39 is 10.0 Å². The molecule has 1 aliphatic heterocycles. The Balaban J connectivity index is 2.25. The highest BCUT2D eigenvalue weighted by Crippen LogP contribution is 2.27. The molecule has 5 nitrogen and oxygen atoms in total. The van der Waals surface area contributed by atoms with Crippen molar-refractivity contribution in [2.45, 2.75) is 37.7 Å². The molecule has 0 aromatic heterocycles. The Kier molecular flexibility index (Phi) is 5.61. The molecule has 2 rings (SSSR count). The Hall–Kier alpha value is -1.11. The average Bonchev–Trinajstić information content (AvgIpc) is 2.49. The van der Waals surface area contributed by atoms with E-state index in [2.05, 4.69) is 5.32 Å². The van der Waals surface area contributed by atoms with E-state index in [-0.39, 0.29) is 6.10 Å². The number of nitrogens with one attached hydrogen (secondary N) is 1. The molecule has 0 amide bonds. The minimum atomic E-state index is -3.48. The van der Waals surface area contributed by atoms with Gasteiger partial charge in [0.2, 0.25) is 10.0 Å². The third-order valence-electron chi connectivity index (χ3n) is 3.62. The fourth-order valence-electron chi connectivity index (χ4n) is 2.66. The summed E-state index contributed by atoms with van der Waals surface area (Å²) in [5.74, 6) is 0. The Morgan fingerprint density at radius 3 is 2.81 bits per heavy atom. The lowest BCUT2D eigenvalue weighted by Crippen LogP contribution is -2.43. The van der Waals surface area contributed by atoms with Gasteiger partial charge in [0.15, 0.2) is 0 Å². The van der Waals surface area contributed by atoms with Crippen LogP contribution in [0.1, 0.15) is 26.7 Å². The highest BCUT2D eigenvalue weighted by Gasteiger charge is 2.31. The Labute approximate surface area is 127 Å². The van der Waals surface area contributed by atoms with Gasteiger partial charge < -0.3 is 10.1 Å². The first-order valence-corrected chi connectivity index (χ1v) is 8.98. The monoisotopic (exact) mass is 312 g/mol. The van der Waals surface area contributed by atoms with E-state index in [4.69, 9.17) is 4.74 Å². The highest BCUT2D eigenvalue weighted by molar-refractivity contribution is 7.89. The van der Waals surface area contributed by atoms with Crippen LogP contribution in [0.2, 0.25) is 0 Å². The summed E-state index contributed by atoms with van der Waals surface area (Å²) in [6, 6.07) is 7.08. The Morgan fingerprint density at radius 1 is 1.33 bits per heavy atom. The molecule has 1 N–H and O–H groups in total. The predicted molar refractivity (Wildman–Crippen MR) is 84.0 cm³/mol.